The Morgan fingerprint density at radius 2 is 1.97 bits per heavy atom. The number of rotatable bonds is 5. The molecule has 1 saturated heterocycles. The van der Waals surface area contributed by atoms with Crippen molar-refractivity contribution in [2.24, 2.45) is 0 Å². The van der Waals surface area contributed by atoms with Gasteiger partial charge in [0.15, 0.2) is 17.2 Å². The van der Waals surface area contributed by atoms with Gasteiger partial charge in [-0.15, -0.1) is 0 Å². The first-order chi connectivity index (χ1) is 16.0. The minimum Gasteiger partial charge on any atom is -0.501 e. The predicted octanol–water partition coefficient (Wildman–Crippen LogP) is 2.57. The van der Waals surface area contributed by atoms with Crippen LogP contribution in [0.1, 0.15) is 16.8 Å². The smallest absolute Gasteiger partial charge is 0.300 e. The first-order valence-corrected chi connectivity index (χ1v) is 10.9. The van der Waals surface area contributed by atoms with Gasteiger partial charge in [-0.2, -0.15) is 0 Å². The summed E-state index contributed by atoms with van der Waals surface area (Å²) >= 11 is 0. The number of morpholine rings is 1. The van der Waals surface area contributed by atoms with Crippen molar-refractivity contribution in [1.29, 1.82) is 0 Å². The van der Waals surface area contributed by atoms with Crippen molar-refractivity contribution in [2.75, 3.05) is 43.6 Å². The fraction of sp³-hybridized carbons (Fsp3) is 0.292. The van der Waals surface area contributed by atoms with Crippen LogP contribution in [-0.2, 0) is 11.2 Å². The van der Waals surface area contributed by atoms with E-state index in [1.807, 2.05) is 13.0 Å². The van der Waals surface area contributed by atoms with E-state index in [1.165, 1.54) is 9.96 Å². The van der Waals surface area contributed by atoms with Crippen molar-refractivity contribution in [3.05, 3.63) is 69.9 Å². The van der Waals surface area contributed by atoms with E-state index in [-0.39, 0.29) is 5.69 Å². The molecule has 0 saturated carbocycles. The summed E-state index contributed by atoms with van der Waals surface area (Å²) in [5.74, 6) is -0.0848. The quantitative estimate of drug-likeness (QED) is 0.432. The zero-order chi connectivity index (χ0) is 22.9. The van der Waals surface area contributed by atoms with E-state index >= 15 is 0 Å². The minimum atomic E-state index is -0.543. The molecular weight excluding hydrogens is 420 g/mol. The maximum absolute atomic E-state index is 13.1. The van der Waals surface area contributed by atoms with Gasteiger partial charge in [0.1, 0.15) is 0 Å². The van der Waals surface area contributed by atoms with Crippen LogP contribution in [0, 0.1) is 6.92 Å². The summed E-state index contributed by atoms with van der Waals surface area (Å²) in [6.45, 7) is 4.78. The lowest BCUT2D eigenvalue weighted by atomic mass is 10.1. The van der Waals surface area contributed by atoms with Crippen LogP contribution in [0.5, 0.6) is 5.75 Å². The molecule has 4 heterocycles. The van der Waals surface area contributed by atoms with Gasteiger partial charge in [-0.3, -0.25) is 9.20 Å². The molecular formula is C24H26N6O3. The molecule has 9 nitrogen and oxygen atoms in total. The fourth-order valence-corrected chi connectivity index (χ4v) is 4.05. The average Bonchev–Trinajstić information content (AvgIpc) is 3.31. The molecule has 170 valence electrons. The molecule has 0 spiro atoms. The van der Waals surface area contributed by atoms with Crippen LogP contribution in [0.25, 0.3) is 17.2 Å². The number of pyridine rings is 1. The Hall–Kier alpha value is -3.85. The molecule has 0 unspecified atom stereocenters. The molecule has 9 heteroatoms. The third kappa shape index (κ3) is 4.03. The molecule has 33 heavy (non-hydrogen) atoms. The Labute approximate surface area is 190 Å². The molecule has 0 aliphatic carbocycles. The summed E-state index contributed by atoms with van der Waals surface area (Å²) in [7, 11) is 1.78. The van der Waals surface area contributed by atoms with E-state index in [1.54, 1.807) is 19.4 Å². The summed E-state index contributed by atoms with van der Waals surface area (Å²) in [6, 6.07) is 10.2. The predicted molar refractivity (Wildman–Crippen MR) is 127 cm³/mol. The van der Waals surface area contributed by atoms with Crippen molar-refractivity contribution in [2.45, 2.75) is 13.3 Å². The molecule has 0 radical (unpaired) electrons. The second-order valence-corrected chi connectivity index (χ2v) is 8.19. The normalized spacial score (nSPS) is 14.1. The number of nitrogens with zero attached hydrogens (tertiary/aromatic N) is 4. The maximum atomic E-state index is 13.1. The van der Waals surface area contributed by atoms with Crippen molar-refractivity contribution in [3.63, 3.8) is 0 Å². The summed E-state index contributed by atoms with van der Waals surface area (Å²) in [5.41, 5.74) is 4.76. The zero-order valence-electron chi connectivity index (χ0n) is 18.6. The Bertz CT molecular complexity index is 1350. The Balaban J connectivity index is 1.54. The first kappa shape index (κ1) is 21.0. The number of ether oxygens (including phenoxy) is 1. The molecule has 0 atom stereocenters. The lowest BCUT2D eigenvalue weighted by Gasteiger charge is -2.29. The molecule has 1 aliphatic rings. The lowest BCUT2D eigenvalue weighted by molar-refractivity contribution is 0.122. The number of benzene rings is 1. The van der Waals surface area contributed by atoms with Gasteiger partial charge in [-0.05, 0) is 18.6 Å². The van der Waals surface area contributed by atoms with E-state index in [9.17, 15) is 9.90 Å². The summed E-state index contributed by atoms with van der Waals surface area (Å²) < 4.78 is 6.81. The SMILES string of the molecule is CNc1cc(N2CCOCC2)cn2c(=O)c(O)c(-c3ncc(Cc4ccc(C)cc4)[nH]3)nc12. The second-order valence-electron chi connectivity index (χ2n) is 8.19. The van der Waals surface area contributed by atoms with Crippen LogP contribution in [-0.4, -0.2) is 57.8 Å². The van der Waals surface area contributed by atoms with E-state index in [0.29, 0.717) is 36.8 Å². The lowest BCUT2D eigenvalue weighted by Crippen LogP contribution is -2.36. The van der Waals surface area contributed by atoms with Gasteiger partial charge < -0.3 is 25.0 Å². The van der Waals surface area contributed by atoms with Crippen LogP contribution in [0.15, 0.2) is 47.5 Å². The maximum Gasteiger partial charge on any atom is 0.300 e. The van der Waals surface area contributed by atoms with Gasteiger partial charge in [0.2, 0.25) is 5.75 Å². The molecule has 3 N–H and O–H groups in total. The minimum absolute atomic E-state index is 0.130. The molecule has 0 amide bonds. The van der Waals surface area contributed by atoms with Crippen LogP contribution in [0.3, 0.4) is 0 Å². The second kappa shape index (κ2) is 8.59. The van der Waals surface area contributed by atoms with Gasteiger partial charge in [0, 0.05) is 44.6 Å². The number of imidazole rings is 1. The number of aromatic amines is 1. The number of aryl methyl sites for hydroxylation is 1. The summed E-state index contributed by atoms with van der Waals surface area (Å²) in [4.78, 5) is 27.5. The number of fused-ring (bicyclic) bond motifs is 1. The number of anilines is 2. The summed E-state index contributed by atoms with van der Waals surface area (Å²) in [5, 5.41) is 13.9. The highest BCUT2D eigenvalue weighted by Gasteiger charge is 2.20. The summed E-state index contributed by atoms with van der Waals surface area (Å²) in [6.07, 6.45) is 4.08. The molecule has 5 rings (SSSR count). The first-order valence-electron chi connectivity index (χ1n) is 10.9. The Kier molecular flexibility index (Phi) is 5.47. The third-order valence-electron chi connectivity index (χ3n) is 5.90. The molecule has 4 aromatic rings. The highest BCUT2D eigenvalue weighted by atomic mass is 16.5. The van der Waals surface area contributed by atoms with Gasteiger partial charge >= 0.3 is 5.56 Å². The number of hydrogen-bond donors (Lipinski definition) is 3. The largest absolute Gasteiger partial charge is 0.501 e. The van der Waals surface area contributed by atoms with Crippen LogP contribution < -0.4 is 15.8 Å². The molecule has 3 aromatic heterocycles. The van der Waals surface area contributed by atoms with Crippen LogP contribution in [0.2, 0.25) is 0 Å². The monoisotopic (exact) mass is 446 g/mol. The van der Waals surface area contributed by atoms with Gasteiger partial charge in [0.25, 0.3) is 0 Å². The number of hydrogen-bond acceptors (Lipinski definition) is 7. The van der Waals surface area contributed by atoms with Gasteiger partial charge in [-0.25, -0.2) is 9.97 Å². The van der Waals surface area contributed by atoms with Crippen molar-refractivity contribution >= 4 is 17.0 Å². The van der Waals surface area contributed by atoms with Crippen molar-refractivity contribution in [3.8, 4) is 17.3 Å². The van der Waals surface area contributed by atoms with E-state index in [4.69, 9.17) is 4.74 Å². The molecule has 1 fully saturated rings. The number of aromatic nitrogens is 4. The standard InChI is InChI=1S/C24H26N6O3/c1-15-3-5-16(6-4-15)11-17-13-26-22(27-17)20-21(31)24(32)30-14-18(29-7-9-33-10-8-29)12-19(25-2)23(30)28-20/h3-6,12-14,25,31H,7-11H2,1-2H3,(H,26,27). The molecule has 1 aliphatic heterocycles. The van der Waals surface area contributed by atoms with E-state index < -0.39 is 11.3 Å². The van der Waals surface area contributed by atoms with Crippen molar-refractivity contribution in [1.82, 2.24) is 19.4 Å². The van der Waals surface area contributed by atoms with E-state index in [2.05, 4.69) is 49.4 Å². The number of nitrogens with one attached hydrogen (secondary N) is 2. The van der Waals surface area contributed by atoms with Gasteiger partial charge in [0.05, 0.1) is 24.6 Å². The van der Waals surface area contributed by atoms with E-state index in [0.717, 1.165) is 30.0 Å². The Morgan fingerprint density at radius 3 is 2.70 bits per heavy atom. The highest BCUT2D eigenvalue weighted by Crippen LogP contribution is 2.28. The zero-order valence-corrected chi connectivity index (χ0v) is 18.6. The van der Waals surface area contributed by atoms with Gasteiger partial charge in [-0.1, -0.05) is 29.8 Å². The van der Waals surface area contributed by atoms with Crippen LogP contribution >= 0.6 is 0 Å². The highest BCUT2D eigenvalue weighted by molar-refractivity contribution is 5.75. The number of aromatic hydroxyl groups is 1. The fourth-order valence-electron chi connectivity index (χ4n) is 4.05. The average molecular weight is 447 g/mol. The topological polar surface area (TPSA) is 108 Å². The van der Waals surface area contributed by atoms with Crippen LogP contribution in [0.4, 0.5) is 11.4 Å². The number of H-pyrrole nitrogens is 1. The third-order valence-corrected chi connectivity index (χ3v) is 5.90. The molecule has 1 aromatic carbocycles. The Morgan fingerprint density at radius 1 is 1.21 bits per heavy atom. The van der Waals surface area contributed by atoms with Crippen molar-refractivity contribution < 1.29 is 9.84 Å². The molecule has 0 bridgehead atoms.